The number of hydrogen-bond donors (Lipinski definition) is 1. The van der Waals surface area contributed by atoms with E-state index in [9.17, 15) is 13.2 Å². The van der Waals surface area contributed by atoms with Gasteiger partial charge in [0.1, 0.15) is 0 Å². The maximum atomic E-state index is 12.4. The van der Waals surface area contributed by atoms with Gasteiger partial charge in [-0.2, -0.15) is 0 Å². The van der Waals surface area contributed by atoms with E-state index in [4.69, 9.17) is 5.14 Å². The van der Waals surface area contributed by atoms with Crippen molar-refractivity contribution in [2.75, 3.05) is 13.1 Å². The molecule has 0 fully saturated rings. The van der Waals surface area contributed by atoms with E-state index >= 15 is 0 Å². The van der Waals surface area contributed by atoms with Crippen molar-refractivity contribution in [1.82, 2.24) is 4.90 Å². The highest BCUT2D eigenvalue weighted by molar-refractivity contribution is 9.10. The summed E-state index contributed by atoms with van der Waals surface area (Å²) in [7, 11) is -3.86. The van der Waals surface area contributed by atoms with Crippen molar-refractivity contribution in [2.24, 2.45) is 5.14 Å². The molecule has 2 N–H and O–H groups in total. The van der Waals surface area contributed by atoms with E-state index in [1.165, 1.54) is 23.1 Å². The highest BCUT2D eigenvalue weighted by Crippen LogP contribution is 2.22. The normalized spacial score (nSPS) is 10.9. The Kier molecular flexibility index (Phi) is 5.67. The van der Waals surface area contributed by atoms with Crippen LogP contribution >= 0.6 is 15.9 Å². The van der Waals surface area contributed by atoms with Crippen LogP contribution in [0.5, 0.6) is 0 Å². The smallest absolute Gasteiger partial charge is 0.255 e. The number of amides is 1. The van der Waals surface area contributed by atoms with E-state index in [1.807, 2.05) is 0 Å². The minimum Gasteiger partial charge on any atom is -0.331 e. The highest BCUT2D eigenvalue weighted by Gasteiger charge is 2.19. The summed E-state index contributed by atoms with van der Waals surface area (Å²) in [4.78, 5) is 13.8. The first kappa shape index (κ1) is 16.6. The maximum Gasteiger partial charge on any atom is 0.255 e. The Bertz CT molecular complexity index is 631. The lowest BCUT2D eigenvalue weighted by molar-refractivity contribution is 0.0789. The van der Waals surface area contributed by atoms with Crippen molar-refractivity contribution in [2.45, 2.75) is 4.90 Å². The van der Waals surface area contributed by atoms with Crippen molar-refractivity contribution < 1.29 is 13.2 Å². The summed E-state index contributed by atoms with van der Waals surface area (Å²) in [6, 6.07) is 4.06. The molecule has 0 atom stereocenters. The van der Waals surface area contributed by atoms with Gasteiger partial charge < -0.3 is 4.90 Å². The van der Waals surface area contributed by atoms with Gasteiger partial charge in [-0.25, -0.2) is 13.6 Å². The molecule has 1 rings (SSSR count). The Morgan fingerprint density at radius 1 is 1.30 bits per heavy atom. The van der Waals surface area contributed by atoms with Crippen LogP contribution in [0.2, 0.25) is 0 Å². The van der Waals surface area contributed by atoms with Gasteiger partial charge in [0, 0.05) is 17.6 Å². The van der Waals surface area contributed by atoms with Crippen LogP contribution < -0.4 is 5.14 Å². The minimum absolute atomic E-state index is 0.110. The second-order valence-corrected chi connectivity index (χ2v) is 6.39. The van der Waals surface area contributed by atoms with Crippen LogP contribution in [0, 0.1) is 0 Å². The monoisotopic (exact) mass is 358 g/mol. The number of nitrogens with two attached hydrogens (primary N) is 1. The van der Waals surface area contributed by atoms with Gasteiger partial charge in [0.2, 0.25) is 10.0 Å². The number of carbonyl (C=O) groups is 1. The van der Waals surface area contributed by atoms with Gasteiger partial charge in [-0.05, 0) is 34.1 Å². The first-order valence-electron chi connectivity index (χ1n) is 5.64. The fourth-order valence-electron chi connectivity index (χ4n) is 1.57. The molecule has 7 heteroatoms. The zero-order valence-corrected chi connectivity index (χ0v) is 13.2. The number of halogens is 1. The van der Waals surface area contributed by atoms with Crippen molar-refractivity contribution >= 4 is 31.9 Å². The molecule has 20 heavy (non-hydrogen) atoms. The Hall–Kier alpha value is -1.44. The number of carbonyl (C=O) groups excluding carboxylic acids is 1. The molecule has 0 unspecified atom stereocenters. The largest absolute Gasteiger partial charge is 0.331 e. The number of hydrogen-bond acceptors (Lipinski definition) is 3. The Balaban J connectivity index is 3.26. The number of sulfonamides is 1. The third-order valence-electron chi connectivity index (χ3n) is 2.48. The summed E-state index contributed by atoms with van der Waals surface area (Å²) in [5, 5.41) is 5.07. The predicted molar refractivity (Wildman–Crippen MR) is 81.8 cm³/mol. The van der Waals surface area contributed by atoms with Crippen LogP contribution in [-0.2, 0) is 10.0 Å². The first-order valence-corrected chi connectivity index (χ1v) is 7.98. The molecular formula is C13H15BrN2O3S. The van der Waals surface area contributed by atoms with Crippen molar-refractivity contribution in [1.29, 1.82) is 0 Å². The third-order valence-corrected chi connectivity index (χ3v) is 4.09. The lowest BCUT2D eigenvalue weighted by Crippen LogP contribution is -2.31. The van der Waals surface area contributed by atoms with Crippen LogP contribution in [0.1, 0.15) is 10.4 Å². The molecule has 0 spiro atoms. The summed E-state index contributed by atoms with van der Waals surface area (Å²) < 4.78 is 23.2. The van der Waals surface area contributed by atoms with Gasteiger partial charge in [-0.15, -0.1) is 13.2 Å². The van der Waals surface area contributed by atoms with Crippen molar-refractivity contribution in [3.05, 3.63) is 53.5 Å². The fraction of sp³-hybridized carbons (Fsp3) is 0.154. The molecular weight excluding hydrogens is 344 g/mol. The molecule has 1 aromatic carbocycles. The quantitative estimate of drug-likeness (QED) is 0.788. The van der Waals surface area contributed by atoms with Gasteiger partial charge in [-0.3, -0.25) is 4.79 Å². The van der Waals surface area contributed by atoms with E-state index in [0.29, 0.717) is 17.6 Å². The molecule has 0 radical (unpaired) electrons. The lowest BCUT2D eigenvalue weighted by Gasteiger charge is -2.20. The van der Waals surface area contributed by atoms with Gasteiger partial charge in [0.15, 0.2) is 0 Å². The number of primary sulfonamides is 1. The number of nitrogens with zero attached hydrogens (tertiary/aromatic N) is 1. The van der Waals surface area contributed by atoms with Gasteiger partial charge in [0.05, 0.1) is 10.5 Å². The summed E-state index contributed by atoms with van der Waals surface area (Å²) in [5.41, 5.74) is 0.222. The molecule has 0 bridgehead atoms. The second-order valence-electron chi connectivity index (χ2n) is 3.97. The highest BCUT2D eigenvalue weighted by atomic mass is 79.9. The van der Waals surface area contributed by atoms with E-state index < -0.39 is 10.0 Å². The third kappa shape index (κ3) is 4.03. The van der Waals surface area contributed by atoms with Gasteiger partial charge in [0.25, 0.3) is 5.91 Å². The minimum atomic E-state index is -3.86. The summed E-state index contributed by atoms with van der Waals surface area (Å²) in [5.74, 6) is -0.331. The summed E-state index contributed by atoms with van der Waals surface area (Å²) >= 11 is 3.23. The van der Waals surface area contributed by atoms with Crippen LogP contribution in [0.4, 0.5) is 0 Å². The van der Waals surface area contributed by atoms with E-state index in [-0.39, 0.29) is 16.4 Å². The molecule has 108 valence electrons. The van der Waals surface area contributed by atoms with Crippen LogP contribution in [0.15, 0.2) is 52.9 Å². The molecule has 0 aliphatic rings. The molecule has 0 aromatic heterocycles. The molecule has 0 aliphatic heterocycles. The average molecular weight is 359 g/mol. The Morgan fingerprint density at radius 2 is 1.85 bits per heavy atom. The summed E-state index contributed by atoms with van der Waals surface area (Å²) in [6.45, 7) is 7.83. The van der Waals surface area contributed by atoms with E-state index in [2.05, 4.69) is 29.1 Å². The fourth-order valence-corrected chi connectivity index (χ4v) is 2.52. The van der Waals surface area contributed by atoms with E-state index in [0.717, 1.165) is 0 Å². The number of benzene rings is 1. The zero-order valence-electron chi connectivity index (χ0n) is 10.8. The van der Waals surface area contributed by atoms with Crippen molar-refractivity contribution in [3.63, 3.8) is 0 Å². The summed E-state index contributed by atoms with van der Waals surface area (Å²) in [6.07, 6.45) is 3.16. The standard InChI is InChI=1S/C13H15BrN2O3S/c1-3-7-16(8-4-2)13(17)11-9-10(20(15,18)19)5-6-12(11)14/h3-6,9H,1-2,7-8H2,(H2,15,18,19). The van der Waals surface area contributed by atoms with Gasteiger partial charge >= 0.3 is 0 Å². The maximum absolute atomic E-state index is 12.4. The molecule has 1 amide bonds. The van der Waals surface area contributed by atoms with Crippen LogP contribution in [0.25, 0.3) is 0 Å². The topological polar surface area (TPSA) is 80.5 Å². The molecule has 0 aliphatic carbocycles. The second kappa shape index (κ2) is 6.83. The Labute approximate surface area is 126 Å². The van der Waals surface area contributed by atoms with Crippen LogP contribution in [0.3, 0.4) is 0 Å². The Morgan fingerprint density at radius 3 is 2.30 bits per heavy atom. The molecule has 0 saturated carbocycles. The first-order chi connectivity index (χ1) is 9.31. The molecule has 0 heterocycles. The predicted octanol–water partition coefficient (Wildman–Crippen LogP) is 1.91. The molecule has 5 nitrogen and oxygen atoms in total. The number of rotatable bonds is 6. The molecule has 0 saturated heterocycles. The zero-order chi connectivity index (χ0) is 15.3. The van der Waals surface area contributed by atoms with E-state index in [1.54, 1.807) is 12.2 Å². The van der Waals surface area contributed by atoms with Gasteiger partial charge in [-0.1, -0.05) is 12.2 Å². The molecule has 1 aromatic rings. The van der Waals surface area contributed by atoms with Crippen LogP contribution in [-0.4, -0.2) is 32.3 Å². The SMILES string of the molecule is C=CCN(CC=C)C(=O)c1cc(S(N)(=O)=O)ccc1Br. The van der Waals surface area contributed by atoms with Crippen molar-refractivity contribution in [3.8, 4) is 0 Å². The average Bonchev–Trinajstić information content (AvgIpc) is 2.37. The lowest BCUT2D eigenvalue weighted by atomic mass is 10.2.